The maximum Gasteiger partial charge on any atom is 1.00 e. The Labute approximate surface area is 101 Å². The molecule has 1 aliphatic rings. The average molecular weight is 151 g/mol. The number of rotatable bonds is 0. The number of nitrogens with zero attached hydrogens (tertiary/aromatic N) is 1. The quantitative estimate of drug-likeness (QED) is 0.291. The molecule has 0 spiro atoms. The van der Waals surface area contributed by atoms with Gasteiger partial charge in [0.15, 0.2) is 0 Å². The standard InChI is InChI=1S/C7H14N.K/c1-6-4-5-8(3)7(6)2;/h6-7H,2,4-5H2,1,3H3;/q-1;+1. The van der Waals surface area contributed by atoms with Crippen molar-refractivity contribution in [3.63, 3.8) is 0 Å². The Kier molecular flexibility index (Phi) is 5.26. The van der Waals surface area contributed by atoms with E-state index in [9.17, 15) is 0 Å². The Morgan fingerprint density at radius 3 is 2.22 bits per heavy atom. The molecule has 0 aromatic rings. The summed E-state index contributed by atoms with van der Waals surface area (Å²) in [6.45, 7) is 7.52. The van der Waals surface area contributed by atoms with Gasteiger partial charge in [0.2, 0.25) is 0 Å². The molecule has 1 nitrogen and oxygen atoms in total. The molecule has 0 radical (unpaired) electrons. The molecule has 0 N–H and O–H groups in total. The van der Waals surface area contributed by atoms with Crippen LogP contribution in [0.4, 0.5) is 0 Å². The smallest absolute Gasteiger partial charge is 0.333 e. The number of hydrogen-bond donors (Lipinski definition) is 0. The van der Waals surface area contributed by atoms with Gasteiger partial charge < -0.3 is 11.8 Å². The summed E-state index contributed by atoms with van der Waals surface area (Å²) < 4.78 is 0. The molecule has 0 amide bonds. The molecule has 0 aromatic heterocycles. The van der Waals surface area contributed by atoms with E-state index in [0.717, 1.165) is 5.92 Å². The molecule has 1 heterocycles. The summed E-state index contributed by atoms with van der Waals surface area (Å²) in [5.74, 6) is 0.806. The molecule has 48 valence electrons. The molecule has 2 atom stereocenters. The number of hydrogen-bond acceptors (Lipinski definition) is 1. The molecular formula is C7H14KN. The maximum absolute atomic E-state index is 4.03. The van der Waals surface area contributed by atoms with Crippen molar-refractivity contribution >= 4 is 0 Å². The van der Waals surface area contributed by atoms with E-state index in [0.29, 0.717) is 6.04 Å². The fourth-order valence-corrected chi connectivity index (χ4v) is 1.20. The topological polar surface area (TPSA) is 3.24 Å². The fourth-order valence-electron chi connectivity index (χ4n) is 1.20. The van der Waals surface area contributed by atoms with Crippen molar-refractivity contribution in [1.29, 1.82) is 0 Å². The van der Waals surface area contributed by atoms with E-state index in [1.54, 1.807) is 0 Å². The molecule has 0 aromatic carbocycles. The first-order valence-electron chi connectivity index (χ1n) is 3.25. The van der Waals surface area contributed by atoms with Crippen molar-refractivity contribution in [2.24, 2.45) is 5.92 Å². The first kappa shape index (κ1) is 10.6. The van der Waals surface area contributed by atoms with Gasteiger partial charge in [-0.15, -0.1) is 6.04 Å². The summed E-state index contributed by atoms with van der Waals surface area (Å²) in [7, 11) is 2.14. The summed E-state index contributed by atoms with van der Waals surface area (Å²) in [5, 5.41) is 0. The molecule has 9 heavy (non-hydrogen) atoms. The normalized spacial score (nSPS) is 36.3. The van der Waals surface area contributed by atoms with Crippen LogP contribution in [0, 0.1) is 12.8 Å². The van der Waals surface area contributed by atoms with Crippen molar-refractivity contribution in [1.82, 2.24) is 4.90 Å². The van der Waals surface area contributed by atoms with Crippen LogP contribution in [0.1, 0.15) is 13.3 Å². The van der Waals surface area contributed by atoms with E-state index in [1.807, 2.05) is 0 Å². The van der Waals surface area contributed by atoms with Crippen LogP contribution in [-0.4, -0.2) is 24.5 Å². The van der Waals surface area contributed by atoms with E-state index < -0.39 is 0 Å². The van der Waals surface area contributed by atoms with Crippen LogP contribution >= 0.6 is 0 Å². The van der Waals surface area contributed by atoms with Gasteiger partial charge in [-0.2, -0.15) is 0 Å². The molecule has 1 saturated heterocycles. The van der Waals surface area contributed by atoms with Crippen molar-refractivity contribution in [3.05, 3.63) is 6.92 Å². The third-order valence-corrected chi connectivity index (χ3v) is 2.16. The van der Waals surface area contributed by atoms with Crippen LogP contribution in [0.25, 0.3) is 0 Å². The monoisotopic (exact) mass is 151 g/mol. The summed E-state index contributed by atoms with van der Waals surface area (Å²) in [5.41, 5.74) is 0. The Morgan fingerprint density at radius 1 is 1.56 bits per heavy atom. The maximum atomic E-state index is 4.03. The Bertz CT molecular complexity index is 75.0. The van der Waals surface area contributed by atoms with Crippen LogP contribution in [0.15, 0.2) is 0 Å². The van der Waals surface area contributed by atoms with Crippen LogP contribution in [0.2, 0.25) is 0 Å². The van der Waals surface area contributed by atoms with Crippen LogP contribution in [0.3, 0.4) is 0 Å². The van der Waals surface area contributed by atoms with Crippen LogP contribution < -0.4 is 51.4 Å². The van der Waals surface area contributed by atoms with Crippen molar-refractivity contribution < 1.29 is 51.4 Å². The fraction of sp³-hybridized carbons (Fsp3) is 0.857. The van der Waals surface area contributed by atoms with Gasteiger partial charge in [0.05, 0.1) is 0 Å². The predicted molar refractivity (Wildman–Crippen MR) is 35.6 cm³/mol. The minimum Gasteiger partial charge on any atom is -0.333 e. The van der Waals surface area contributed by atoms with Gasteiger partial charge in [-0.3, -0.25) is 0 Å². The molecule has 2 unspecified atom stereocenters. The summed E-state index contributed by atoms with van der Waals surface area (Å²) in [6.07, 6.45) is 1.32. The predicted octanol–water partition coefficient (Wildman–Crippen LogP) is -1.84. The zero-order valence-electron chi connectivity index (χ0n) is 6.72. The van der Waals surface area contributed by atoms with Gasteiger partial charge in [0, 0.05) is 0 Å². The summed E-state index contributed by atoms with van der Waals surface area (Å²) >= 11 is 0. The molecule has 2 heteroatoms. The molecule has 1 rings (SSSR count). The second-order valence-electron chi connectivity index (χ2n) is 2.81. The second kappa shape index (κ2) is 4.47. The molecule has 0 bridgehead atoms. The average Bonchev–Trinajstić information content (AvgIpc) is 1.98. The minimum absolute atomic E-state index is 0. The van der Waals surface area contributed by atoms with E-state index in [1.165, 1.54) is 13.0 Å². The SMILES string of the molecule is [CH2-]C1C(C)CCN1C.[K+]. The van der Waals surface area contributed by atoms with Gasteiger partial charge in [0.1, 0.15) is 0 Å². The van der Waals surface area contributed by atoms with Gasteiger partial charge in [0.25, 0.3) is 0 Å². The number of likely N-dealkylation sites (tertiary alicyclic amines) is 1. The molecule has 1 aliphatic heterocycles. The van der Waals surface area contributed by atoms with E-state index in [2.05, 4.69) is 25.8 Å². The first-order valence-corrected chi connectivity index (χ1v) is 3.25. The van der Waals surface area contributed by atoms with E-state index in [4.69, 9.17) is 0 Å². The van der Waals surface area contributed by atoms with Crippen LogP contribution in [0.5, 0.6) is 0 Å². The third kappa shape index (κ3) is 2.60. The van der Waals surface area contributed by atoms with E-state index >= 15 is 0 Å². The largest absolute Gasteiger partial charge is 1.00 e. The first-order chi connectivity index (χ1) is 3.72. The molecule has 0 saturated carbocycles. The summed E-state index contributed by atoms with van der Waals surface area (Å²) in [6, 6.07) is 0.565. The Hall–Kier alpha value is 1.60. The second-order valence-corrected chi connectivity index (χ2v) is 2.81. The zero-order valence-corrected chi connectivity index (χ0v) is 9.85. The third-order valence-electron chi connectivity index (χ3n) is 2.16. The van der Waals surface area contributed by atoms with E-state index in [-0.39, 0.29) is 51.4 Å². The van der Waals surface area contributed by atoms with Gasteiger partial charge in [-0.1, -0.05) is 12.8 Å². The van der Waals surface area contributed by atoms with Crippen LogP contribution in [-0.2, 0) is 0 Å². The molecule has 0 aliphatic carbocycles. The Morgan fingerprint density at radius 2 is 2.11 bits per heavy atom. The van der Waals surface area contributed by atoms with Crippen molar-refractivity contribution in [2.75, 3.05) is 13.6 Å². The zero-order chi connectivity index (χ0) is 6.15. The molecular weight excluding hydrogens is 137 g/mol. The minimum atomic E-state index is 0. The van der Waals surface area contributed by atoms with Crippen molar-refractivity contribution in [3.8, 4) is 0 Å². The van der Waals surface area contributed by atoms with Crippen molar-refractivity contribution in [2.45, 2.75) is 19.4 Å². The van der Waals surface area contributed by atoms with Gasteiger partial charge >= 0.3 is 51.4 Å². The van der Waals surface area contributed by atoms with Gasteiger partial charge in [-0.25, -0.2) is 0 Å². The molecule has 1 fully saturated rings. The van der Waals surface area contributed by atoms with Gasteiger partial charge in [-0.05, 0) is 20.0 Å². The summed E-state index contributed by atoms with van der Waals surface area (Å²) in [4.78, 5) is 2.31. The Balaban J connectivity index is 0.000000640.